The van der Waals surface area contributed by atoms with Crippen molar-refractivity contribution in [3.8, 4) is 5.75 Å². The van der Waals surface area contributed by atoms with Crippen molar-refractivity contribution in [3.05, 3.63) is 28.2 Å². The van der Waals surface area contributed by atoms with Crippen LogP contribution in [-0.4, -0.2) is 36.1 Å². The van der Waals surface area contributed by atoms with Crippen LogP contribution in [-0.2, 0) is 4.74 Å². The van der Waals surface area contributed by atoms with E-state index in [2.05, 4.69) is 15.9 Å². The van der Waals surface area contributed by atoms with E-state index in [4.69, 9.17) is 9.47 Å². The van der Waals surface area contributed by atoms with E-state index >= 15 is 0 Å². The summed E-state index contributed by atoms with van der Waals surface area (Å²) in [5, 5.41) is 0. The van der Waals surface area contributed by atoms with Gasteiger partial charge in [-0.15, -0.1) is 0 Å². The molecule has 21 heavy (non-hydrogen) atoms. The molecular weight excluding hydrogens is 352 g/mol. The van der Waals surface area contributed by atoms with Gasteiger partial charge in [-0.25, -0.2) is 0 Å². The van der Waals surface area contributed by atoms with Crippen molar-refractivity contribution in [1.82, 2.24) is 0 Å². The first-order valence-corrected chi connectivity index (χ1v) is 9.29. The Balaban J connectivity index is 1.68. The fourth-order valence-electron chi connectivity index (χ4n) is 3.05. The second kappa shape index (κ2) is 6.71. The summed E-state index contributed by atoms with van der Waals surface area (Å²) in [6.07, 6.45) is 5.15. The van der Waals surface area contributed by atoms with E-state index in [1.165, 1.54) is 11.5 Å². The van der Waals surface area contributed by atoms with Gasteiger partial charge in [0.2, 0.25) is 0 Å². The third-order valence-corrected chi connectivity index (χ3v) is 5.96. The van der Waals surface area contributed by atoms with Gasteiger partial charge in [-0.2, -0.15) is 11.8 Å². The van der Waals surface area contributed by atoms with E-state index in [1.807, 2.05) is 23.9 Å². The van der Waals surface area contributed by atoms with Crippen molar-refractivity contribution in [2.75, 3.05) is 18.1 Å². The highest BCUT2D eigenvalue weighted by Crippen LogP contribution is 2.38. The fraction of sp³-hybridized carbons (Fsp3) is 0.562. The zero-order valence-electron chi connectivity index (χ0n) is 11.8. The molecule has 3 nitrogen and oxygen atoms in total. The number of hydrogen-bond donors (Lipinski definition) is 0. The van der Waals surface area contributed by atoms with Crippen LogP contribution in [0.3, 0.4) is 0 Å². The SMILES string of the molecule is O=Cc1cc(OC2CCOC3(CCSCC3)C2)ccc1Br. The van der Waals surface area contributed by atoms with E-state index in [1.54, 1.807) is 6.07 Å². The van der Waals surface area contributed by atoms with Crippen LogP contribution in [0.4, 0.5) is 0 Å². The minimum atomic E-state index is 0.0248. The molecule has 1 spiro atoms. The van der Waals surface area contributed by atoms with Crippen LogP contribution in [0.2, 0.25) is 0 Å². The van der Waals surface area contributed by atoms with E-state index in [0.717, 1.165) is 48.8 Å². The van der Waals surface area contributed by atoms with Crippen molar-refractivity contribution in [2.45, 2.75) is 37.4 Å². The highest BCUT2D eigenvalue weighted by Gasteiger charge is 2.39. The first kappa shape index (κ1) is 15.4. The summed E-state index contributed by atoms with van der Waals surface area (Å²) in [6.45, 7) is 0.770. The van der Waals surface area contributed by atoms with Crippen LogP contribution in [0.15, 0.2) is 22.7 Å². The molecule has 1 aromatic rings. The third kappa shape index (κ3) is 3.63. The van der Waals surface area contributed by atoms with Gasteiger partial charge in [0.05, 0.1) is 12.2 Å². The Morgan fingerprint density at radius 1 is 1.38 bits per heavy atom. The molecule has 0 saturated carbocycles. The Morgan fingerprint density at radius 2 is 2.19 bits per heavy atom. The molecule has 2 fully saturated rings. The molecule has 2 aliphatic heterocycles. The van der Waals surface area contributed by atoms with E-state index in [0.29, 0.717) is 5.56 Å². The van der Waals surface area contributed by atoms with Gasteiger partial charge in [-0.3, -0.25) is 4.79 Å². The molecule has 0 N–H and O–H groups in total. The van der Waals surface area contributed by atoms with Gasteiger partial charge in [0.15, 0.2) is 6.29 Å². The number of benzene rings is 1. The zero-order valence-corrected chi connectivity index (χ0v) is 14.2. The molecule has 2 heterocycles. The summed E-state index contributed by atoms with van der Waals surface area (Å²) in [5.74, 6) is 3.13. The summed E-state index contributed by atoms with van der Waals surface area (Å²) in [4.78, 5) is 11.0. The molecule has 114 valence electrons. The minimum Gasteiger partial charge on any atom is -0.490 e. The summed E-state index contributed by atoms with van der Waals surface area (Å²) in [7, 11) is 0. The second-order valence-corrected chi connectivity index (χ2v) is 7.76. The lowest BCUT2D eigenvalue weighted by Gasteiger charge is -2.43. The lowest BCUT2D eigenvalue weighted by atomic mass is 9.86. The molecule has 0 amide bonds. The lowest BCUT2D eigenvalue weighted by molar-refractivity contribution is -0.116. The first-order valence-electron chi connectivity index (χ1n) is 7.34. The molecule has 1 aromatic carbocycles. The van der Waals surface area contributed by atoms with Gasteiger partial charge < -0.3 is 9.47 Å². The van der Waals surface area contributed by atoms with Crippen LogP contribution < -0.4 is 4.74 Å². The first-order chi connectivity index (χ1) is 10.2. The summed E-state index contributed by atoms with van der Waals surface area (Å²) in [5.41, 5.74) is 0.653. The van der Waals surface area contributed by atoms with Crippen molar-refractivity contribution >= 4 is 34.0 Å². The van der Waals surface area contributed by atoms with Crippen molar-refractivity contribution in [1.29, 1.82) is 0 Å². The van der Waals surface area contributed by atoms with Crippen LogP contribution in [0, 0.1) is 0 Å². The minimum absolute atomic E-state index is 0.0248. The quantitative estimate of drug-likeness (QED) is 0.750. The maximum atomic E-state index is 11.0. The Kier molecular flexibility index (Phi) is 4.92. The highest BCUT2D eigenvalue weighted by atomic mass is 79.9. The topological polar surface area (TPSA) is 35.5 Å². The number of carbonyl (C=O) groups is 1. The molecule has 1 atom stereocenters. The van der Waals surface area contributed by atoms with Crippen LogP contribution >= 0.6 is 27.7 Å². The number of rotatable bonds is 3. The van der Waals surface area contributed by atoms with Crippen LogP contribution in [0.25, 0.3) is 0 Å². The van der Waals surface area contributed by atoms with Gasteiger partial charge in [0.1, 0.15) is 11.9 Å². The van der Waals surface area contributed by atoms with Gasteiger partial charge >= 0.3 is 0 Å². The Hall–Kier alpha value is -0.520. The number of thioether (sulfide) groups is 1. The van der Waals surface area contributed by atoms with Crippen molar-refractivity contribution < 1.29 is 14.3 Å². The standard InChI is InChI=1S/C16H19BrO3S/c17-15-2-1-13(9-12(15)11-18)20-14-3-6-19-16(10-14)4-7-21-8-5-16/h1-2,9,11,14H,3-8,10H2. The molecule has 0 aromatic heterocycles. The Labute approximate surface area is 137 Å². The number of halogens is 1. The number of hydrogen-bond acceptors (Lipinski definition) is 4. The monoisotopic (exact) mass is 370 g/mol. The van der Waals surface area contributed by atoms with Crippen LogP contribution in [0.1, 0.15) is 36.0 Å². The molecule has 0 radical (unpaired) electrons. The smallest absolute Gasteiger partial charge is 0.151 e. The summed E-state index contributed by atoms with van der Waals surface area (Å²) >= 11 is 5.37. The van der Waals surface area contributed by atoms with Gasteiger partial charge in [0, 0.05) is 22.9 Å². The predicted octanol–water partition coefficient (Wildman–Crippen LogP) is 4.09. The summed E-state index contributed by atoms with van der Waals surface area (Å²) < 4.78 is 13.0. The molecule has 1 unspecified atom stereocenters. The number of aldehydes is 1. The lowest BCUT2D eigenvalue weighted by Crippen LogP contribution is -2.46. The normalized spacial score (nSPS) is 24.7. The molecular formula is C16H19BrO3S. The second-order valence-electron chi connectivity index (χ2n) is 5.68. The van der Waals surface area contributed by atoms with E-state index in [-0.39, 0.29) is 11.7 Å². The largest absolute Gasteiger partial charge is 0.490 e. The molecule has 0 aliphatic carbocycles. The number of ether oxygens (including phenoxy) is 2. The highest BCUT2D eigenvalue weighted by molar-refractivity contribution is 9.10. The molecule has 0 bridgehead atoms. The maximum Gasteiger partial charge on any atom is 0.151 e. The zero-order chi connectivity index (χ0) is 14.7. The average Bonchev–Trinajstić information content (AvgIpc) is 2.50. The fourth-order valence-corrected chi connectivity index (χ4v) is 4.63. The van der Waals surface area contributed by atoms with E-state index in [9.17, 15) is 4.79 Å². The van der Waals surface area contributed by atoms with Gasteiger partial charge in [-0.1, -0.05) is 15.9 Å². The molecule has 5 heteroatoms. The Bertz CT molecular complexity index is 509. The van der Waals surface area contributed by atoms with Crippen molar-refractivity contribution in [2.24, 2.45) is 0 Å². The number of carbonyl (C=O) groups excluding carboxylic acids is 1. The third-order valence-electron chi connectivity index (χ3n) is 4.25. The average molecular weight is 371 g/mol. The molecule has 2 aliphatic rings. The van der Waals surface area contributed by atoms with Crippen molar-refractivity contribution in [3.63, 3.8) is 0 Å². The predicted molar refractivity (Wildman–Crippen MR) is 88.4 cm³/mol. The van der Waals surface area contributed by atoms with Gasteiger partial charge in [-0.05, 0) is 42.5 Å². The molecule has 3 rings (SSSR count). The molecule has 2 saturated heterocycles. The Morgan fingerprint density at radius 3 is 2.95 bits per heavy atom. The summed E-state index contributed by atoms with van der Waals surface area (Å²) in [6, 6.07) is 5.58. The van der Waals surface area contributed by atoms with E-state index < -0.39 is 0 Å². The van der Waals surface area contributed by atoms with Gasteiger partial charge in [0.25, 0.3) is 0 Å². The maximum absolute atomic E-state index is 11.0. The van der Waals surface area contributed by atoms with Crippen LogP contribution in [0.5, 0.6) is 5.75 Å².